The Kier molecular flexibility index (Phi) is 5.71. The average molecular weight is 310 g/mol. The SMILES string of the molecule is CCCNC(Cc1cccc(F)c1)c1ccc(F)c(Cl)c1. The van der Waals surface area contributed by atoms with Crippen LogP contribution in [0.25, 0.3) is 0 Å². The molecule has 2 aromatic rings. The van der Waals surface area contributed by atoms with Gasteiger partial charge in [-0.15, -0.1) is 0 Å². The molecule has 0 saturated carbocycles. The van der Waals surface area contributed by atoms with E-state index < -0.39 is 5.82 Å². The second kappa shape index (κ2) is 7.53. The third kappa shape index (κ3) is 4.51. The molecule has 112 valence electrons. The molecule has 0 bridgehead atoms. The van der Waals surface area contributed by atoms with E-state index in [0.29, 0.717) is 6.42 Å². The summed E-state index contributed by atoms with van der Waals surface area (Å²) in [5, 5.41) is 3.50. The van der Waals surface area contributed by atoms with Crippen molar-refractivity contribution in [3.63, 3.8) is 0 Å². The molecule has 1 N–H and O–H groups in total. The van der Waals surface area contributed by atoms with Gasteiger partial charge in [-0.1, -0.05) is 36.7 Å². The van der Waals surface area contributed by atoms with Crippen LogP contribution >= 0.6 is 11.6 Å². The van der Waals surface area contributed by atoms with Crippen molar-refractivity contribution in [2.24, 2.45) is 0 Å². The minimum Gasteiger partial charge on any atom is -0.310 e. The number of rotatable bonds is 6. The second-order valence-electron chi connectivity index (χ2n) is 5.01. The Morgan fingerprint density at radius 1 is 1.14 bits per heavy atom. The van der Waals surface area contributed by atoms with Crippen LogP contribution in [0.15, 0.2) is 42.5 Å². The van der Waals surface area contributed by atoms with E-state index in [-0.39, 0.29) is 16.9 Å². The predicted molar refractivity (Wildman–Crippen MR) is 82.5 cm³/mol. The summed E-state index contributed by atoms with van der Waals surface area (Å²) in [6.45, 7) is 2.90. The third-order valence-electron chi connectivity index (χ3n) is 3.32. The van der Waals surface area contributed by atoms with Crippen molar-refractivity contribution in [1.82, 2.24) is 5.32 Å². The maximum absolute atomic E-state index is 13.3. The Hall–Kier alpha value is -1.45. The fraction of sp³-hybridized carbons (Fsp3) is 0.294. The lowest BCUT2D eigenvalue weighted by molar-refractivity contribution is 0.525. The summed E-state index contributed by atoms with van der Waals surface area (Å²) in [6, 6.07) is 11.2. The van der Waals surface area contributed by atoms with Gasteiger partial charge >= 0.3 is 0 Å². The molecule has 4 heteroatoms. The minimum absolute atomic E-state index is 0.0233. The monoisotopic (exact) mass is 309 g/mol. The van der Waals surface area contributed by atoms with Crippen molar-refractivity contribution in [3.05, 3.63) is 70.2 Å². The van der Waals surface area contributed by atoms with Gasteiger partial charge in [0, 0.05) is 6.04 Å². The van der Waals surface area contributed by atoms with E-state index in [2.05, 4.69) is 12.2 Å². The topological polar surface area (TPSA) is 12.0 Å². The van der Waals surface area contributed by atoms with Gasteiger partial charge in [-0.3, -0.25) is 0 Å². The van der Waals surface area contributed by atoms with Crippen LogP contribution in [0.4, 0.5) is 8.78 Å². The largest absolute Gasteiger partial charge is 0.310 e. The highest BCUT2D eigenvalue weighted by atomic mass is 35.5. The number of nitrogens with one attached hydrogen (secondary N) is 1. The van der Waals surface area contributed by atoms with E-state index in [0.717, 1.165) is 24.1 Å². The van der Waals surface area contributed by atoms with Crippen LogP contribution in [0.2, 0.25) is 5.02 Å². The first-order chi connectivity index (χ1) is 10.1. The fourth-order valence-corrected chi connectivity index (χ4v) is 2.44. The second-order valence-corrected chi connectivity index (χ2v) is 5.42. The van der Waals surface area contributed by atoms with Crippen LogP contribution in [-0.2, 0) is 6.42 Å². The molecule has 0 aliphatic heterocycles. The molecule has 0 aromatic heterocycles. The molecule has 1 atom stereocenters. The van der Waals surface area contributed by atoms with Gasteiger partial charge in [0.15, 0.2) is 0 Å². The van der Waals surface area contributed by atoms with E-state index in [1.54, 1.807) is 18.2 Å². The highest BCUT2D eigenvalue weighted by molar-refractivity contribution is 6.30. The fourth-order valence-electron chi connectivity index (χ4n) is 2.26. The Morgan fingerprint density at radius 2 is 1.95 bits per heavy atom. The Bertz CT molecular complexity index is 601. The molecule has 2 rings (SSSR count). The van der Waals surface area contributed by atoms with Gasteiger partial charge in [0.1, 0.15) is 11.6 Å². The van der Waals surface area contributed by atoms with Gasteiger partial charge in [-0.2, -0.15) is 0 Å². The van der Waals surface area contributed by atoms with Crippen LogP contribution in [0.5, 0.6) is 0 Å². The molecule has 0 aliphatic rings. The molecule has 2 aromatic carbocycles. The summed E-state index contributed by atoms with van der Waals surface area (Å²) in [4.78, 5) is 0. The smallest absolute Gasteiger partial charge is 0.141 e. The van der Waals surface area contributed by atoms with Crippen molar-refractivity contribution >= 4 is 11.6 Å². The van der Waals surface area contributed by atoms with Crippen molar-refractivity contribution in [2.75, 3.05) is 6.54 Å². The quantitative estimate of drug-likeness (QED) is 0.800. The first kappa shape index (κ1) is 15.9. The Morgan fingerprint density at radius 3 is 2.62 bits per heavy atom. The molecule has 0 amide bonds. The van der Waals surface area contributed by atoms with Gasteiger partial charge in [0.25, 0.3) is 0 Å². The summed E-state index contributed by atoms with van der Waals surface area (Å²) in [6.07, 6.45) is 1.61. The van der Waals surface area contributed by atoms with Crippen LogP contribution in [-0.4, -0.2) is 6.54 Å². The molecule has 0 radical (unpaired) electrons. The Labute approximate surface area is 128 Å². The van der Waals surface area contributed by atoms with E-state index in [9.17, 15) is 8.78 Å². The van der Waals surface area contributed by atoms with Gasteiger partial charge < -0.3 is 5.32 Å². The molecule has 0 spiro atoms. The van der Waals surface area contributed by atoms with Crippen LogP contribution in [0, 0.1) is 11.6 Å². The summed E-state index contributed by atoms with van der Waals surface area (Å²) >= 11 is 5.86. The minimum atomic E-state index is -0.430. The zero-order valence-corrected chi connectivity index (χ0v) is 12.6. The van der Waals surface area contributed by atoms with Crippen molar-refractivity contribution in [3.8, 4) is 0 Å². The first-order valence-electron chi connectivity index (χ1n) is 7.03. The number of benzene rings is 2. The predicted octanol–water partition coefficient (Wildman–Crippen LogP) is 4.90. The Balaban J connectivity index is 2.22. The molecular weight excluding hydrogens is 292 g/mol. The van der Waals surface area contributed by atoms with E-state index in [1.807, 2.05) is 6.07 Å². The zero-order chi connectivity index (χ0) is 15.2. The lowest BCUT2D eigenvalue weighted by atomic mass is 9.98. The van der Waals surface area contributed by atoms with Crippen molar-refractivity contribution in [1.29, 1.82) is 0 Å². The summed E-state index contributed by atoms with van der Waals surface area (Å²) in [5.41, 5.74) is 1.79. The number of hydrogen-bond acceptors (Lipinski definition) is 1. The standard InChI is InChI=1S/C17H18ClF2N/c1-2-8-21-17(10-12-4-3-5-14(19)9-12)13-6-7-16(20)15(18)11-13/h3-7,9,11,17,21H,2,8,10H2,1H3. The number of hydrogen-bond donors (Lipinski definition) is 1. The average Bonchev–Trinajstić information content (AvgIpc) is 2.46. The molecule has 0 fully saturated rings. The van der Waals surface area contributed by atoms with Gasteiger partial charge in [-0.25, -0.2) is 8.78 Å². The zero-order valence-electron chi connectivity index (χ0n) is 11.9. The molecular formula is C17H18ClF2N. The summed E-state index contributed by atoms with van der Waals surface area (Å²) in [7, 11) is 0. The van der Waals surface area contributed by atoms with E-state index in [4.69, 9.17) is 11.6 Å². The summed E-state index contributed by atoms with van der Waals surface area (Å²) in [5.74, 6) is -0.681. The van der Waals surface area contributed by atoms with Crippen LogP contribution < -0.4 is 5.32 Å². The molecule has 1 nitrogen and oxygen atoms in total. The van der Waals surface area contributed by atoms with Gasteiger partial charge in [0.2, 0.25) is 0 Å². The van der Waals surface area contributed by atoms with Crippen LogP contribution in [0.1, 0.15) is 30.5 Å². The van der Waals surface area contributed by atoms with Gasteiger partial charge in [0.05, 0.1) is 5.02 Å². The molecule has 1 unspecified atom stereocenters. The highest BCUT2D eigenvalue weighted by Gasteiger charge is 2.13. The summed E-state index contributed by atoms with van der Waals surface area (Å²) < 4.78 is 26.6. The maximum Gasteiger partial charge on any atom is 0.141 e. The molecule has 0 heterocycles. The van der Waals surface area contributed by atoms with Gasteiger partial charge in [-0.05, 0) is 54.8 Å². The lowest BCUT2D eigenvalue weighted by Gasteiger charge is -2.19. The maximum atomic E-state index is 13.3. The third-order valence-corrected chi connectivity index (χ3v) is 3.61. The number of halogens is 3. The van der Waals surface area contributed by atoms with Crippen molar-refractivity contribution < 1.29 is 8.78 Å². The van der Waals surface area contributed by atoms with Crippen LogP contribution in [0.3, 0.4) is 0 Å². The highest BCUT2D eigenvalue weighted by Crippen LogP contribution is 2.24. The van der Waals surface area contributed by atoms with Crippen molar-refractivity contribution in [2.45, 2.75) is 25.8 Å². The normalized spacial score (nSPS) is 12.4. The molecule has 21 heavy (non-hydrogen) atoms. The van der Waals surface area contributed by atoms with E-state index >= 15 is 0 Å². The first-order valence-corrected chi connectivity index (χ1v) is 7.40. The lowest BCUT2D eigenvalue weighted by Crippen LogP contribution is -2.24. The molecule has 0 aliphatic carbocycles. The van der Waals surface area contributed by atoms with E-state index in [1.165, 1.54) is 18.2 Å². The molecule has 0 saturated heterocycles.